The van der Waals surface area contributed by atoms with E-state index in [1.807, 2.05) is 18.3 Å². The minimum absolute atomic E-state index is 0.179. The van der Waals surface area contributed by atoms with Crippen LogP contribution in [0.25, 0.3) is 0 Å². The molecule has 0 saturated carbocycles. The van der Waals surface area contributed by atoms with Crippen LogP contribution in [-0.2, 0) is 6.54 Å². The molecule has 4 rings (SSSR count). The van der Waals surface area contributed by atoms with Crippen LogP contribution < -0.4 is 0 Å². The molecule has 132 valence electrons. The monoisotopic (exact) mass is 355 g/mol. The molecule has 25 heavy (non-hydrogen) atoms. The van der Waals surface area contributed by atoms with E-state index in [4.69, 9.17) is 0 Å². The van der Waals surface area contributed by atoms with Crippen molar-refractivity contribution < 1.29 is 4.79 Å². The van der Waals surface area contributed by atoms with Crippen LogP contribution in [0.4, 0.5) is 0 Å². The van der Waals surface area contributed by atoms with Gasteiger partial charge in [-0.2, -0.15) is 0 Å². The second-order valence-electron chi connectivity index (χ2n) is 7.13. The van der Waals surface area contributed by atoms with E-state index >= 15 is 0 Å². The lowest BCUT2D eigenvalue weighted by atomic mass is 10.0. The van der Waals surface area contributed by atoms with Gasteiger partial charge in [-0.15, -0.1) is 11.3 Å². The van der Waals surface area contributed by atoms with Crippen molar-refractivity contribution in [2.45, 2.75) is 45.2 Å². The molecule has 4 heterocycles. The highest BCUT2D eigenvalue weighted by atomic mass is 32.1. The van der Waals surface area contributed by atoms with Gasteiger partial charge in [0.05, 0.1) is 16.6 Å². The van der Waals surface area contributed by atoms with Gasteiger partial charge in [-0.05, 0) is 75.5 Å². The number of amides is 1. The van der Waals surface area contributed by atoms with Crippen LogP contribution in [0.3, 0.4) is 0 Å². The SMILES string of the molecule is Cc1ccc(C(=O)N2CCCC2c2ccnc(CN3CCCC3)c2)s1. The van der Waals surface area contributed by atoms with E-state index in [-0.39, 0.29) is 11.9 Å². The van der Waals surface area contributed by atoms with E-state index in [1.54, 1.807) is 11.3 Å². The van der Waals surface area contributed by atoms with Crippen LogP contribution in [0.2, 0.25) is 0 Å². The van der Waals surface area contributed by atoms with Crippen molar-refractivity contribution in [1.82, 2.24) is 14.8 Å². The molecule has 0 aliphatic carbocycles. The van der Waals surface area contributed by atoms with Crippen molar-refractivity contribution in [2.75, 3.05) is 19.6 Å². The van der Waals surface area contributed by atoms with Crippen molar-refractivity contribution in [3.8, 4) is 0 Å². The van der Waals surface area contributed by atoms with Gasteiger partial charge < -0.3 is 4.90 Å². The lowest BCUT2D eigenvalue weighted by molar-refractivity contribution is 0.0740. The summed E-state index contributed by atoms with van der Waals surface area (Å²) in [5.74, 6) is 0.179. The summed E-state index contributed by atoms with van der Waals surface area (Å²) in [6.07, 6.45) is 6.63. The second kappa shape index (κ2) is 7.26. The summed E-state index contributed by atoms with van der Waals surface area (Å²) in [5, 5.41) is 0. The third kappa shape index (κ3) is 3.62. The zero-order valence-corrected chi connectivity index (χ0v) is 15.6. The minimum Gasteiger partial charge on any atom is -0.331 e. The van der Waals surface area contributed by atoms with Crippen LogP contribution >= 0.6 is 11.3 Å². The van der Waals surface area contributed by atoms with Crippen LogP contribution in [0.1, 0.15) is 57.5 Å². The molecule has 0 N–H and O–H groups in total. The number of carbonyl (C=O) groups excluding carboxylic acids is 1. The van der Waals surface area contributed by atoms with Gasteiger partial charge in [0.15, 0.2) is 0 Å². The van der Waals surface area contributed by atoms with Gasteiger partial charge in [0, 0.05) is 24.2 Å². The van der Waals surface area contributed by atoms with Gasteiger partial charge in [-0.3, -0.25) is 14.7 Å². The van der Waals surface area contributed by atoms with Gasteiger partial charge in [0.2, 0.25) is 0 Å². The summed E-state index contributed by atoms with van der Waals surface area (Å²) in [4.78, 5) is 24.1. The molecule has 0 aromatic carbocycles. The number of carbonyl (C=O) groups is 1. The number of pyridine rings is 1. The van der Waals surface area contributed by atoms with Gasteiger partial charge in [0.1, 0.15) is 0 Å². The number of rotatable bonds is 4. The van der Waals surface area contributed by atoms with Crippen molar-refractivity contribution in [2.24, 2.45) is 0 Å². The van der Waals surface area contributed by atoms with Crippen LogP contribution in [0.15, 0.2) is 30.5 Å². The van der Waals surface area contributed by atoms with Crippen molar-refractivity contribution >= 4 is 17.2 Å². The van der Waals surface area contributed by atoms with E-state index in [0.29, 0.717) is 0 Å². The van der Waals surface area contributed by atoms with Gasteiger partial charge >= 0.3 is 0 Å². The quantitative estimate of drug-likeness (QED) is 0.831. The standard InChI is InChI=1S/C20H25N3OS/c1-15-6-7-19(25-15)20(24)23-12-4-5-18(23)16-8-9-21-17(13-16)14-22-10-2-3-11-22/h6-9,13,18H,2-5,10-12,14H2,1H3. The third-order valence-corrected chi connectivity index (χ3v) is 6.26. The summed E-state index contributed by atoms with van der Waals surface area (Å²) >= 11 is 1.59. The Morgan fingerprint density at radius 3 is 2.80 bits per heavy atom. The second-order valence-corrected chi connectivity index (χ2v) is 8.42. The van der Waals surface area contributed by atoms with Crippen molar-refractivity contribution in [3.05, 3.63) is 51.5 Å². The molecule has 2 aliphatic rings. The normalized spacial score (nSPS) is 21.2. The lowest BCUT2D eigenvalue weighted by Gasteiger charge is -2.25. The number of hydrogen-bond acceptors (Lipinski definition) is 4. The van der Waals surface area contributed by atoms with Crippen LogP contribution in [-0.4, -0.2) is 40.3 Å². The lowest BCUT2D eigenvalue weighted by Crippen LogP contribution is -2.30. The Balaban J connectivity index is 1.52. The molecule has 0 bridgehead atoms. The van der Waals surface area contributed by atoms with Crippen molar-refractivity contribution in [3.63, 3.8) is 0 Å². The maximum atomic E-state index is 12.9. The topological polar surface area (TPSA) is 36.4 Å². The van der Waals surface area contributed by atoms with Crippen LogP contribution in [0.5, 0.6) is 0 Å². The molecule has 1 unspecified atom stereocenters. The fourth-order valence-corrected chi connectivity index (χ4v) is 4.83. The molecule has 2 fully saturated rings. The molecule has 0 radical (unpaired) electrons. The fourth-order valence-electron chi connectivity index (χ4n) is 4.01. The zero-order chi connectivity index (χ0) is 17.2. The van der Waals surface area contributed by atoms with Gasteiger partial charge in [0.25, 0.3) is 5.91 Å². The number of thiophene rings is 1. The van der Waals surface area contributed by atoms with Crippen LogP contribution in [0, 0.1) is 6.92 Å². The third-order valence-electron chi connectivity index (χ3n) is 5.27. The maximum absolute atomic E-state index is 12.9. The predicted octanol–water partition coefficient (Wildman–Crippen LogP) is 4.02. The van der Waals surface area contributed by atoms with E-state index in [2.05, 4.69) is 33.8 Å². The largest absolute Gasteiger partial charge is 0.331 e. The highest BCUT2D eigenvalue weighted by Gasteiger charge is 2.31. The predicted molar refractivity (Wildman–Crippen MR) is 101 cm³/mol. The Labute approximate surface area is 153 Å². The minimum atomic E-state index is 0.179. The number of likely N-dealkylation sites (tertiary alicyclic amines) is 2. The number of hydrogen-bond donors (Lipinski definition) is 0. The molecular formula is C20H25N3OS. The molecule has 1 atom stereocenters. The summed E-state index contributed by atoms with van der Waals surface area (Å²) in [5.41, 5.74) is 2.37. The highest BCUT2D eigenvalue weighted by Crippen LogP contribution is 2.34. The average molecular weight is 356 g/mol. The zero-order valence-electron chi connectivity index (χ0n) is 14.8. The summed E-state index contributed by atoms with van der Waals surface area (Å²) in [6.45, 7) is 6.19. The number of aryl methyl sites for hydroxylation is 1. The molecule has 2 aromatic rings. The first-order valence-electron chi connectivity index (χ1n) is 9.25. The summed E-state index contributed by atoms with van der Waals surface area (Å²) < 4.78 is 0. The molecular weight excluding hydrogens is 330 g/mol. The number of aromatic nitrogens is 1. The Bertz CT molecular complexity index is 751. The molecule has 5 heteroatoms. The Morgan fingerprint density at radius 1 is 1.20 bits per heavy atom. The maximum Gasteiger partial charge on any atom is 0.264 e. The first-order chi connectivity index (χ1) is 12.2. The molecule has 2 saturated heterocycles. The Morgan fingerprint density at radius 2 is 2.04 bits per heavy atom. The van der Waals surface area contributed by atoms with E-state index in [9.17, 15) is 4.79 Å². The van der Waals surface area contributed by atoms with Gasteiger partial charge in [-0.1, -0.05) is 0 Å². The average Bonchev–Trinajstić information content (AvgIpc) is 3.36. The van der Waals surface area contributed by atoms with Gasteiger partial charge in [-0.25, -0.2) is 0 Å². The Hall–Kier alpha value is -1.72. The molecule has 1 amide bonds. The van der Waals surface area contributed by atoms with E-state index in [0.717, 1.165) is 36.5 Å². The van der Waals surface area contributed by atoms with E-state index in [1.165, 1.54) is 36.4 Å². The summed E-state index contributed by atoms with van der Waals surface area (Å²) in [6, 6.07) is 8.49. The first kappa shape index (κ1) is 16.7. The number of nitrogens with zero attached hydrogens (tertiary/aromatic N) is 3. The van der Waals surface area contributed by atoms with E-state index < -0.39 is 0 Å². The molecule has 2 aliphatic heterocycles. The molecule has 4 nitrogen and oxygen atoms in total. The highest BCUT2D eigenvalue weighted by molar-refractivity contribution is 7.13. The molecule has 0 spiro atoms. The first-order valence-corrected chi connectivity index (χ1v) is 10.1. The van der Waals surface area contributed by atoms with Crippen molar-refractivity contribution in [1.29, 1.82) is 0 Å². The Kier molecular flexibility index (Phi) is 4.86. The smallest absolute Gasteiger partial charge is 0.264 e. The fraction of sp³-hybridized carbons (Fsp3) is 0.500. The molecule has 2 aromatic heterocycles. The summed E-state index contributed by atoms with van der Waals surface area (Å²) in [7, 11) is 0.